The fourth-order valence-electron chi connectivity index (χ4n) is 4.37. The van der Waals surface area contributed by atoms with Crippen molar-refractivity contribution in [3.63, 3.8) is 0 Å². The van der Waals surface area contributed by atoms with Crippen LogP contribution in [0.3, 0.4) is 0 Å². The van der Waals surface area contributed by atoms with E-state index in [2.05, 4.69) is 10.3 Å². The number of ether oxygens (including phenoxy) is 2. The van der Waals surface area contributed by atoms with Gasteiger partial charge in [0, 0.05) is 42.2 Å². The molecule has 190 valence electrons. The molecule has 36 heavy (non-hydrogen) atoms. The largest absolute Gasteiger partial charge is 0.497 e. The summed E-state index contributed by atoms with van der Waals surface area (Å²) in [6, 6.07) is 11.9. The second-order valence-electron chi connectivity index (χ2n) is 8.70. The Hall–Kier alpha value is -3.79. The van der Waals surface area contributed by atoms with Crippen molar-refractivity contribution < 1.29 is 27.8 Å². The van der Waals surface area contributed by atoms with E-state index in [1.807, 2.05) is 18.2 Å². The topological polar surface area (TPSA) is 107 Å². The summed E-state index contributed by atoms with van der Waals surface area (Å²) in [7, 11) is 1.56. The second kappa shape index (κ2) is 10.4. The van der Waals surface area contributed by atoms with Crippen molar-refractivity contribution in [2.24, 2.45) is 5.73 Å². The lowest BCUT2D eigenvalue weighted by Crippen LogP contribution is -2.42. The molecule has 2 aromatic carbocycles. The monoisotopic (exact) mass is 498 g/mol. The van der Waals surface area contributed by atoms with Crippen LogP contribution in [0.1, 0.15) is 23.7 Å². The van der Waals surface area contributed by atoms with Crippen LogP contribution in [-0.2, 0) is 4.79 Å². The van der Waals surface area contributed by atoms with Gasteiger partial charge in [-0.05, 0) is 42.8 Å². The molecule has 0 radical (unpaired) electrons. The summed E-state index contributed by atoms with van der Waals surface area (Å²) >= 11 is 0. The van der Waals surface area contributed by atoms with Crippen LogP contribution in [0.5, 0.6) is 11.5 Å². The first-order valence-electron chi connectivity index (χ1n) is 11.6. The predicted molar refractivity (Wildman–Crippen MR) is 131 cm³/mol. The van der Waals surface area contributed by atoms with E-state index in [-0.39, 0.29) is 13.0 Å². The number of nitrogens with zero attached hydrogens (tertiary/aromatic N) is 2. The Balaban J connectivity index is 1.59. The average molecular weight is 499 g/mol. The number of aromatic nitrogens is 1. The van der Waals surface area contributed by atoms with Gasteiger partial charge in [0.15, 0.2) is 0 Å². The van der Waals surface area contributed by atoms with E-state index < -0.39 is 30.3 Å². The number of pyridine rings is 1. The molecule has 1 aliphatic heterocycles. The molecule has 10 heteroatoms. The molecule has 1 aliphatic rings. The standard InChI is InChI=1S/C26H28F2N4O4/c1-16-13-26(27,28)15-32(16)24(33)14-31-25(34)20-7-9-30-22-6-3-17(11-21(20)22)19-5-4-18(35-2)12-23(19)36-10-8-29/h3-7,9,11-12,16H,8,10,13-15,29H2,1-2H3,(H,31,34). The highest BCUT2D eigenvalue weighted by Crippen LogP contribution is 2.35. The van der Waals surface area contributed by atoms with Gasteiger partial charge in [-0.25, -0.2) is 8.78 Å². The SMILES string of the molecule is COc1ccc(-c2ccc3nccc(C(=O)NCC(=O)N4CC(F)(F)CC4C)c3c2)c(OCCN)c1. The van der Waals surface area contributed by atoms with Crippen molar-refractivity contribution in [2.45, 2.75) is 25.3 Å². The van der Waals surface area contributed by atoms with Crippen LogP contribution in [0.2, 0.25) is 0 Å². The first-order valence-corrected chi connectivity index (χ1v) is 11.6. The predicted octanol–water partition coefficient (Wildman–Crippen LogP) is 3.23. The van der Waals surface area contributed by atoms with Gasteiger partial charge >= 0.3 is 0 Å². The molecule has 1 aromatic heterocycles. The highest BCUT2D eigenvalue weighted by molar-refractivity contribution is 6.07. The lowest BCUT2D eigenvalue weighted by molar-refractivity contribution is -0.131. The number of benzene rings is 2. The van der Waals surface area contributed by atoms with E-state index in [0.717, 1.165) is 16.0 Å². The van der Waals surface area contributed by atoms with Crippen molar-refractivity contribution in [1.82, 2.24) is 15.2 Å². The molecular weight excluding hydrogens is 470 g/mol. The summed E-state index contributed by atoms with van der Waals surface area (Å²) in [5, 5.41) is 3.14. The number of nitrogens with two attached hydrogens (primary N) is 1. The molecular formula is C26H28F2N4O4. The van der Waals surface area contributed by atoms with E-state index in [1.165, 1.54) is 6.20 Å². The summed E-state index contributed by atoms with van der Waals surface area (Å²) in [4.78, 5) is 30.9. The van der Waals surface area contributed by atoms with E-state index in [0.29, 0.717) is 41.1 Å². The number of rotatable bonds is 8. The summed E-state index contributed by atoms with van der Waals surface area (Å²) in [5.41, 5.74) is 8.06. The number of amides is 2. The van der Waals surface area contributed by atoms with E-state index in [1.54, 1.807) is 38.3 Å². The van der Waals surface area contributed by atoms with Crippen LogP contribution in [-0.4, -0.2) is 67.0 Å². The van der Waals surface area contributed by atoms with Crippen molar-refractivity contribution in [1.29, 1.82) is 0 Å². The second-order valence-corrected chi connectivity index (χ2v) is 8.70. The Kier molecular flexibility index (Phi) is 7.35. The van der Waals surface area contributed by atoms with Gasteiger partial charge in [0.05, 0.1) is 31.3 Å². The molecule has 0 saturated carbocycles. The number of hydrogen-bond acceptors (Lipinski definition) is 6. The van der Waals surface area contributed by atoms with Crippen LogP contribution in [0.15, 0.2) is 48.7 Å². The van der Waals surface area contributed by atoms with Crippen LogP contribution in [0.25, 0.3) is 22.0 Å². The smallest absolute Gasteiger partial charge is 0.267 e. The molecule has 1 saturated heterocycles. The number of fused-ring (bicyclic) bond motifs is 1. The Morgan fingerprint density at radius 3 is 2.72 bits per heavy atom. The van der Waals surface area contributed by atoms with E-state index in [9.17, 15) is 18.4 Å². The zero-order valence-electron chi connectivity index (χ0n) is 20.1. The number of halogens is 2. The average Bonchev–Trinajstić information content (AvgIpc) is 3.16. The maximum atomic E-state index is 13.7. The van der Waals surface area contributed by atoms with Gasteiger partial charge in [-0.2, -0.15) is 0 Å². The number of alkyl halides is 2. The quantitative estimate of drug-likeness (QED) is 0.494. The zero-order chi connectivity index (χ0) is 25.9. The lowest BCUT2D eigenvalue weighted by atomic mass is 9.99. The molecule has 1 unspecified atom stereocenters. The van der Waals surface area contributed by atoms with Crippen LogP contribution in [0, 0.1) is 0 Å². The van der Waals surface area contributed by atoms with Crippen molar-refractivity contribution in [2.75, 3.05) is 33.4 Å². The number of methoxy groups -OCH3 is 1. The lowest BCUT2D eigenvalue weighted by Gasteiger charge is -2.21. The maximum absolute atomic E-state index is 13.7. The fraction of sp³-hybridized carbons (Fsp3) is 0.346. The fourth-order valence-corrected chi connectivity index (χ4v) is 4.37. The molecule has 8 nitrogen and oxygen atoms in total. The highest BCUT2D eigenvalue weighted by atomic mass is 19.3. The van der Waals surface area contributed by atoms with Crippen LogP contribution < -0.4 is 20.5 Å². The first kappa shape index (κ1) is 25.3. The van der Waals surface area contributed by atoms with Gasteiger partial charge in [-0.3, -0.25) is 14.6 Å². The number of nitrogens with one attached hydrogen (secondary N) is 1. The minimum absolute atomic E-state index is 0.312. The summed E-state index contributed by atoms with van der Waals surface area (Å²) in [6.45, 7) is 1.22. The molecule has 0 bridgehead atoms. The molecule has 2 heterocycles. The molecule has 1 fully saturated rings. The van der Waals surface area contributed by atoms with Crippen LogP contribution in [0.4, 0.5) is 8.78 Å². The Labute approximate surface area is 207 Å². The number of carbonyl (C=O) groups excluding carboxylic acids is 2. The third kappa shape index (κ3) is 5.38. The molecule has 2 amide bonds. The Morgan fingerprint density at radius 1 is 1.22 bits per heavy atom. The minimum Gasteiger partial charge on any atom is -0.497 e. The molecule has 0 aliphatic carbocycles. The normalized spacial score (nSPS) is 16.7. The number of hydrogen-bond donors (Lipinski definition) is 2. The van der Waals surface area contributed by atoms with E-state index in [4.69, 9.17) is 15.2 Å². The molecule has 4 rings (SSSR count). The molecule has 0 spiro atoms. The summed E-state index contributed by atoms with van der Waals surface area (Å²) in [5.74, 6) is -2.75. The molecule has 1 atom stereocenters. The maximum Gasteiger partial charge on any atom is 0.267 e. The zero-order valence-corrected chi connectivity index (χ0v) is 20.1. The van der Waals surface area contributed by atoms with Gasteiger partial charge in [0.1, 0.15) is 18.1 Å². The highest BCUT2D eigenvalue weighted by Gasteiger charge is 2.44. The third-order valence-corrected chi connectivity index (χ3v) is 6.11. The Morgan fingerprint density at radius 2 is 2.03 bits per heavy atom. The van der Waals surface area contributed by atoms with Crippen molar-refractivity contribution >= 4 is 22.7 Å². The van der Waals surface area contributed by atoms with Crippen molar-refractivity contribution in [3.05, 3.63) is 54.2 Å². The minimum atomic E-state index is -2.91. The van der Waals surface area contributed by atoms with Gasteiger partial charge in [0.2, 0.25) is 5.91 Å². The van der Waals surface area contributed by atoms with Gasteiger partial charge in [-0.15, -0.1) is 0 Å². The van der Waals surface area contributed by atoms with Gasteiger partial charge < -0.3 is 25.4 Å². The number of likely N-dealkylation sites (tertiary alicyclic amines) is 1. The van der Waals surface area contributed by atoms with Crippen LogP contribution >= 0.6 is 0 Å². The molecule has 3 N–H and O–H groups in total. The van der Waals surface area contributed by atoms with E-state index >= 15 is 0 Å². The van der Waals surface area contributed by atoms with Gasteiger partial charge in [0.25, 0.3) is 11.8 Å². The summed E-state index contributed by atoms with van der Waals surface area (Å²) < 4.78 is 38.4. The number of carbonyl (C=O) groups is 2. The summed E-state index contributed by atoms with van der Waals surface area (Å²) in [6.07, 6.45) is 1.12. The van der Waals surface area contributed by atoms with Crippen molar-refractivity contribution in [3.8, 4) is 22.6 Å². The first-order chi connectivity index (χ1) is 17.2. The molecule has 3 aromatic rings. The van der Waals surface area contributed by atoms with Gasteiger partial charge in [-0.1, -0.05) is 6.07 Å². The third-order valence-electron chi connectivity index (χ3n) is 6.11. The Bertz CT molecular complexity index is 1280.